The summed E-state index contributed by atoms with van der Waals surface area (Å²) in [5.74, 6) is 2.09. The van der Waals surface area contributed by atoms with Crippen LogP contribution in [-0.4, -0.2) is 17.1 Å². The zero-order chi connectivity index (χ0) is 12.7. The molecule has 4 nitrogen and oxygen atoms in total. The number of benzene rings is 1. The molecule has 4 heteroatoms. The number of hydrogen-bond donors (Lipinski definition) is 3. The normalized spacial score (nSPS) is 11.6. The Labute approximate surface area is 101 Å². The van der Waals surface area contributed by atoms with E-state index in [0.29, 0.717) is 6.54 Å². The first-order valence-electron chi connectivity index (χ1n) is 5.32. The first kappa shape index (κ1) is 13.2. The smallest absolute Gasteiger partial charge is 0.238 e. The van der Waals surface area contributed by atoms with E-state index in [2.05, 4.69) is 11.2 Å². The van der Waals surface area contributed by atoms with Crippen molar-refractivity contribution in [2.24, 2.45) is 5.73 Å². The molecular formula is C13H16N2O2. The van der Waals surface area contributed by atoms with Gasteiger partial charge in [0.1, 0.15) is 0 Å². The molecule has 4 N–H and O–H groups in total. The van der Waals surface area contributed by atoms with Crippen molar-refractivity contribution < 1.29 is 9.90 Å². The number of rotatable bonds is 5. The second kappa shape index (κ2) is 6.69. The molecule has 0 spiro atoms. The third kappa shape index (κ3) is 4.27. The first-order valence-corrected chi connectivity index (χ1v) is 5.32. The Morgan fingerprint density at radius 3 is 2.53 bits per heavy atom. The molecule has 0 aliphatic rings. The maximum Gasteiger partial charge on any atom is 0.238 e. The lowest BCUT2D eigenvalue weighted by molar-refractivity contribution is -0.122. The first-order chi connectivity index (χ1) is 8.17. The molecule has 90 valence electrons. The van der Waals surface area contributed by atoms with Crippen LogP contribution in [-0.2, 0) is 17.9 Å². The predicted molar refractivity (Wildman–Crippen MR) is 65.6 cm³/mol. The molecule has 0 saturated carbocycles. The highest BCUT2D eigenvalue weighted by molar-refractivity contribution is 5.81. The summed E-state index contributed by atoms with van der Waals surface area (Å²) in [6, 6.07) is 6.65. The van der Waals surface area contributed by atoms with Crippen LogP contribution in [0.5, 0.6) is 0 Å². The number of hydrogen-bond acceptors (Lipinski definition) is 3. The average molecular weight is 232 g/mol. The zero-order valence-corrected chi connectivity index (χ0v) is 9.52. The van der Waals surface area contributed by atoms with Gasteiger partial charge in [-0.05, 0) is 11.1 Å². The standard InChI is InChI=1S/C13H16N2O2/c1-2-3-12(14)13(17)15-8-10-4-6-11(9-16)7-5-10/h1,4-7,12,16H,3,8-9,14H2,(H,15,17). The molecule has 0 aliphatic heterocycles. The molecule has 17 heavy (non-hydrogen) atoms. The molecule has 1 aromatic carbocycles. The van der Waals surface area contributed by atoms with Crippen molar-refractivity contribution in [2.45, 2.75) is 25.6 Å². The lowest BCUT2D eigenvalue weighted by atomic mass is 10.1. The van der Waals surface area contributed by atoms with E-state index in [-0.39, 0.29) is 18.9 Å². The highest BCUT2D eigenvalue weighted by Gasteiger charge is 2.10. The summed E-state index contributed by atoms with van der Waals surface area (Å²) in [7, 11) is 0. The number of amides is 1. The number of carbonyl (C=O) groups is 1. The molecule has 0 bridgehead atoms. The van der Waals surface area contributed by atoms with E-state index >= 15 is 0 Å². The Kier molecular flexibility index (Phi) is 5.21. The van der Waals surface area contributed by atoms with E-state index in [4.69, 9.17) is 17.3 Å². The molecule has 1 atom stereocenters. The summed E-state index contributed by atoms with van der Waals surface area (Å²) >= 11 is 0. The Balaban J connectivity index is 2.44. The summed E-state index contributed by atoms with van der Waals surface area (Å²) in [5.41, 5.74) is 7.33. The monoisotopic (exact) mass is 232 g/mol. The molecule has 1 amide bonds. The number of nitrogens with two attached hydrogens (primary N) is 1. The maximum atomic E-state index is 11.5. The van der Waals surface area contributed by atoms with Crippen LogP contribution in [0.2, 0.25) is 0 Å². The number of terminal acetylenes is 1. The molecule has 0 radical (unpaired) electrons. The van der Waals surface area contributed by atoms with Crippen molar-refractivity contribution >= 4 is 5.91 Å². The highest BCUT2D eigenvalue weighted by atomic mass is 16.3. The van der Waals surface area contributed by atoms with Crippen molar-refractivity contribution in [1.29, 1.82) is 0 Å². The van der Waals surface area contributed by atoms with Gasteiger partial charge in [0.2, 0.25) is 5.91 Å². The van der Waals surface area contributed by atoms with E-state index in [1.807, 2.05) is 24.3 Å². The fourth-order valence-electron chi connectivity index (χ4n) is 1.30. The van der Waals surface area contributed by atoms with Gasteiger partial charge in [0.15, 0.2) is 0 Å². The minimum atomic E-state index is -0.656. The molecule has 1 aromatic rings. The van der Waals surface area contributed by atoms with Crippen LogP contribution in [0, 0.1) is 12.3 Å². The molecule has 1 rings (SSSR count). The van der Waals surface area contributed by atoms with E-state index < -0.39 is 6.04 Å². The van der Waals surface area contributed by atoms with Gasteiger partial charge < -0.3 is 16.2 Å². The summed E-state index contributed by atoms with van der Waals surface area (Å²) in [6.07, 6.45) is 5.30. The third-order valence-corrected chi connectivity index (χ3v) is 2.35. The second-order valence-corrected chi connectivity index (χ2v) is 3.71. The molecule has 1 unspecified atom stereocenters. The van der Waals surface area contributed by atoms with E-state index in [1.54, 1.807) is 0 Å². The Morgan fingerprint density at radius 1 is 1.41 bits per heavy atom. The lowest BCUT2D eigenvalue weighted by Crippen LogP contribution is -2.39. The molecule has 0 heterocycles. The summed E-state index contributed by atoms with van der Waals surface area (Å²) in [5, 5.41) is 11.6. The SMILES string of the molecule is C#CCC(N)C(=O)NCc1ccc(CO)cc1. The summed E-state index contributed by atoms with van der Waals surface area (Å²) < 4.78 is 0. The van der Waals surface area contributed by atoms with E-state index in [1.165, 1.54) is 0 Å². The van der Waals surface area contributed by atoms with Gasteiger partial charge in [0.25, 0.3) is 0 Å². The van der Waals surface area contributed by atoms with Crippen molar-refractivity contribution in [3.05, 3.63) is 35.4 Å². The largest absolute Gasteiger partial charge is 0.392 e. The van der Waals surface area contributed by atoms with Gasteiger partial charge in [0, 0.05) is 13.0 Å². The Bertz CT molecular complexity index is 406. The molecule has 0 saturated heterocycles. The van der Waals surface area contributed by atoms with Gasteiger partial charge in [-0.1, -0.05) is 24.3 Å². The minimum Gasteiger partial charge on any atom is -0.392 e. The fourth-order valence-corrected chi connectivity index (χ4v) is 1.30. The van der Waals surface area contributed by atoms with Crippen molar-refractivity contribution in [3.63, 3.8) is 0 Å². The Morgan fingerprint density at radius 2 is 2.00 bits per heavy atom. The molecule has 0 fully saturated rings. The predicted octanol–water partition coefficient (Wildman–Crippen LogP) is 0.146. The van der Waals surface area contributed by atoms with Crippen LogP contribution in [0.4, 0.5) is 0 Å². The van der Waals surface area contributed by atoms with E-state index in [9.17, 15) is 4.79 Å². The minimum absolute atomic E-state index is 0.0136. The Hall–Kier alpha value is -1.83. The maximum absolute atomic E-state index is 11.5. The van der Waals surface area contributed by atoms with Gasteiger partial charge >= 0.3 is 0 Å². The van der Waals surface area contributed by atoms with Crippen molar-refractivity contribution in [2.75, 3.05) is 0 Å². The molecular weight excluding hydrogens is 216 g/mol. The second-order valence-electron chi connectivity index (χ2n) is 3.71. The van der Waals surface area contributed by atoms with Gasteiger partial charge in [-0.25, -0.2) is 0 Å². The van der Waals surface area contributed by atoms with Gasteiger partial charge in [0.05, 0.1) is 12.6 Å². The van der Waals surface area contributed by atoms with Crippen LogP contribution in [0.1, 0.15) is 17.5 Å². The summed E-state index contributed by atoms with van der Waals surface area (Å²) in [6.45, 7) is 0.419. The average Bonchev–Trinajstić information content (AvgIpc) is 2.36. The molecule has 0 aliphatic carbocycles. The van der Waals surface area contributed by atoms with Crippen LogP contribution in [0.15, 0.2) is 24.3 Å². The fraction of sp³-hybridized carbons (Fsp3) is 0.308. The van der Waals surface area contributed by atoms with Gasteiger partial charge in [-0.15, -0.1) is 12.3 Å². The third-order valence-electron chi connectivity index (χ3n) is 2.35. The van der Waals surface area contributed by atoms with Crippen molar-refractivity contribution in [3.8, 4) is 12.3 Å². The van der Waals surface area contributed by atoms with Crippen molar-refractivity contribution in [1.82, 2.24) is 5.32 Å². The summed E-state index contributed by atoms with van der Waals surface area (Å²) in [4.78, 5) is 11.5. The van der Waals surface area contributed by atoms with Crippen LogP contribution in [0.3, 0.4) is 0 Å². The number of nitrogens with one attached hydrogen (secondary N) is 1. The van der Waals surface area contributed by atoms with Gasteiger partial charge in [-0.3, -0.25) is 4.79 Å². The number of aliphatic hydroxyl groups is 1. The molecule has 0 aromatic heterocycles. The zero-order valence-electron chi connectivity index (χ0n) is 9.52. The topological polar surface area (TPSA) is 75.4 Å². The van der Waals surface area contributed by atoms with Crippen LogP contribution < -0.4 is 11.1 Å². The number of aliphatic hydroxyl groups excluding tert-OH is 1. The van der Waals surface area contributed by atoms with Crippen LogP contribution in [0.25, 0.3) is 0 Å². The number of carbonyl (C=O) groups excluding carboxylic acids is 1. The van der Waals surface area contributed by atoms with E-state index in [0.717, 1.165) is 11.1 Å². The van der Waals surface area contributed by atoms with Gasteiger partial charge in [-0.2, -0.15) is 0 Å². The lowest BCUT2D eigenvalue weighted by Gasteiger charge is -2.09. The highest BCUT2D eigenvalue weighted by Crippen LogP contribution is 2.04. The quantitative estimate of drug-likeness (QED) is 0.632. The van der Waals surface area contributed by atoms with Crippen LogP contribution >= 0.6 is 0 Å².